The van der Waals surface area contributed by atoms with Crippen molar-refractivity contribution in [2.24, 2.45) is 5.41 Å². The van der Waals surface area contributed by atoms with Crippen molar-refractivity contribution in [1.29, 1.82) is 0 Å². The Labute approximate surface area is 92.6 Å². The fourth-order valence-corrected chi connectivity index (χ4v) is 2.02. The van der Waals surface area contributed by atoms with E-state index in [1.54, 1.807) is 0 Å². The standard InChI is InChI=1S/C12H23NO2/c1-9(14)7-10(15)13-12(5,6)8-11(2,3)4/h7-8H2,1-6H3,(H,13,15). The average Bonchev–Trinajstić information content (AvgIpc) is 1.73. The zero-order chi connectivity index (χ0) is 12.3. The summed E-state index contributed by atoms with van der Waals surface area (Å²) >= 11 is 0. The second-order valence-corrected chi connectivity index (χ2v) is 6.05. The molecular formula is C12H23NO2. The third-order valence-corrected chi connectivity index (χ3v) is 1.86. The Morgan fingerprint density at radius 3 is 1.87 bits per heavy atom. The summed E-state index contributed by atoms with van der Waals surface area (Å²) in [4.78, 5) is 22.2. The first kappa shape index (κ1) is 14.1. The molecule has 1 amide bonds. The van der Waals surface area contributed by atoms with Gasteiger partial charge in [0.2, 0.25) is 5.91 Å². The first-order chi connectivity index (χ1) is 6.52. The zero-order valence-electron chi connectivity index (χ0n) is 10.7. The molecule has 0 rings (SSSR count). The van der Waals surface area contributed by atoms with E-state index in [-0.39, 0.29) is 29.1 Å². The molecule has 15 heavy (non-hydrogen) atoms. The predicted molar refractivity (Wildman–Crippen MR) is 61.6 cm³/mol. The van der Waals surface area contributed by atoms with Crippen LogP contribution >= 0.6 is 0 Å². The van der Waals surface area contributed by atoms with Crippen LogP contribution in [0.3, 0.4) is 0 Å². The molecule has 0 aliphatic rings. The lowest BCUT2D eigenvalue weighted by molar-refractivity contribution is -0.128. The summed E-state index contributed by atoms with van der Waals surface area (Å²) in [6, 6.07) is 0. The van der Waals surface area contributed by atoms with Gasteiger partial charge in [-0.2, -0.15) is 0 Å². The zero-order valence-corrected chi connectivity index (χ0v) is 10.7. The monoisotopic (exact) mass is 213 g/mol. The van der Waals surface area contributed by atoms with Crippen molar-refractivity contribution in [1.82, 2.24) is 5.32 Å². The Bertz CT molecular complexity index is 249. The predicted octanol–water partition coefficient (Wildman–Crippen LogP) is 2.30. The number of Topliss-reactive ketones (excluding diaryl/α,β-unsaturated/α-hetero) is 1. The minimum atomic E-state index is -0.259. The minimum Gasteiger partial charge on any atom is -0.351 e. The van der Waals surface area contributed by atoms with E-state index < -0.39 is 0 Å². The van der Waals surface area contributed by atoms with Gasteiger partial charge < -0.3 is 5.32 Å². The third-order valence-electron chi connectivity index (χ3n) is 1.86. The largest absolute Gasteiger partial charge is 0.351 e. The molecule has 3 heteroatoms. The summed E-state index contributed by atoms with van der Waals surface area (Å²) in [5.41, 5.74) is -0.0994. The van der Waals surface area contributed by atoms with Gasteiger partial charge in [-0.25, -0.2) is 0 Å². The van der Waals surface area contributed by atoms with Crippen LogP contribution in [0.25, 0.3) is 0 Å². The first-order valence-electron chi connectivity index (χ1n) is 5.32. The summed E-state index contributed by atoms with van der Waals surface area (Å²) < 4.78 is 0. The lowest BCUT2D eigenvalue weighted by Gasteiger charge is -2.33. The van der Waals surface area contributed by atoms with E-state index in [4.69, 9.17) is 0 Å². The normalized spacial score (nSPS) is 12.4. The number of hydrogen-bond acceptors (Lipinski definition) is 2. The van der Waals surface area contributed by atoms with Crippen molar-refractivity contribution in [2.45, 2.75) is 59.9 Å². The quantitative estimate of drug-likeness (QED) is 0.728. The number of carbonyl (C=O) groups excluding carboxylic acids is 2. The molecule has 0 bridgehead atoms. The maximum Gasteiger partial charge on any atom is 0.227 e. The lowest BCUT2D eigenvalue weighted by atomic mass is 9.82. The number of nitrogens with one attached hydrogen (secondary N) is 1. The van der Waals surface area contributed by atoms with Gasteiger partial charge in [0.05, 0.1) is 6.42 Å². The fourth-order valence-electron chi connectivity index (χ4n) is 2.02. The van der Waals surface area contributed by atoms with E-state index in [1.807, 2.05) is 13.8 Å². The molecule has 0 aromatic carbocycles. The van der Waals surface area contributed by atoms with Crippen LogP contribution < -0.4 is 5.32 Å². The molecule has 0 saturated heterocycles. The molecule has 0 atom stereocenters. The maximum atomic E-state index is 11.4. The van der Waals surface area contributed by atoms with E-state index in [0.717, 1.165) is 6.42 Å². The van der Waals surface area contributed by atoms with Crippen LogP contribution in [0, 0.1) is 5.41 Å². The van der Waals surface area contributed by atoms with Crippen molar-refractivity contribution < 1.29 is 9.59 Å². The highest BCUT2D eigenvalue weighted by molar-refractivity contribution is 5.97. The smallest absolute Gasteiger partial charge is 0.227 e. The number of amides is 1. The van der Waals surface area contributed by atoms with Gasteiger partial charge in [0.15, 0.2) is 0 Å². The summed E-state index contributed by atoms with van der Waals surface area (Å²) in [6.45, 7) is 11.8. The molecule has 0 aliphatic carbocycles. The molecule has 88 valence electrons. The first-order valence-corrected chi connectivity index (χ1v) is 5.32. The van der Waals surface area contributed by atoms with Crippen molar-refractivity contribution >= 4 is 11.7 Å². The molecule has 0 saturated carbocycles. The van der Waals surface area contributed by atoms with Gasteiger partial charge in [-0.3, -0.25) is 9.59 Å². The average molecular weight is 213 g/mol. The van der Waals surface area contributed by atoms with Gasteiger partial charge in [-0.15, -0.1) is 0 Å². The molecule has 0 spiro atoms. The second kappa shape index (κ2) is 4.77. The summed E-state index contributed by atoms with van der Waals surface area (Å²) in [7, 11) is 0. The van der Waals surface area contributed by atoms with Crippen molar-refractivity contribution in [3.8, 4) is 0 Å². The summed E-state index contributed by atoms with van der Waals surface area (Å²) in [5.74, 6) is -0.282. The molecular weight excluding hydrogens is 190 g/mol. The molecule has 0 fully saturated rings. The van der Waals surface area contributed by atoms with Crippen LogP contribution in [0.2, 0.25) is 0 Å². The van der Waals surface area contributed by atoms with Crippen LogP contribution in [0.5, 0.6) is 0 Å². The lowest BCUT2D eigenvalue weighted by Crippen LogP contribution is -2.46. The topological polar surface area (TPSA) is 46.2 Å². The highest BCUT2D eigenvalue weighted by Crippen LogP contribution is 2.26. The van der Waals surface area contributed by atoms with Crippen molar-refractivity contribution in [3.63, 3.8) is 0 Å². The van der Waals surface area contributed by atoms with E-state index in [1.165, 1.54) is 6.92 Å². The number of ketones is 1. The fraction of sp³-hybridized carbons (Fsp3) is 0.833. The van der Waals surface area contributed by atoms with Crippen molar-refractivity contribution in [3.05, 3.63) is 0 Å². The molecule has 1 N–H and O–H groups in total. The molecule has 0 unspecified atom stereocenters. The molecule has 0 aliphatic heterocycles. The highest BCUT2D eigenvalue weighted by Gasteiger charge is 2.26. The van der Waals surface area contributed by atoms with Crippen LogP contribution in [0.1, 0.15) is 54.4 Å². The Morgan fingerprint density at radius 1 is 1.07 bits per heavy atom. The number of hydrogen-bond donors (Lipinski definition) is 1. The molecule has 3 nitrogen and oxygen atoms in total. The van der Waals surface area contributed by atoms with Crippen LogP contribution in [-0.2, 0) is 9.59 Å². The third kappa shape index (κ3) is 8.16. The van der Waals surface area contributed by atoms with Gasteiger partial charge >= 0.3 is 0 Å². The van der Waals surface area contributed by atoms with Crippen LogP contribution in [0.15, 0.2) is 0 Å². The Hall–Kier alpha value is -0.860. The highest BCUT2D eigenvalue weighted by atomic mass is 16.2. The van der Waals surface area contributed by atoms with Gasteiger partial charge in [-0.1, -0.05) is 20.8 Å². The van der Waals surface area contributed by atoms with Gasteiger partial charge in [-0.05, 0) is 32.6 Å². The van der Waals surface area contributed by atoms with Crippen LogP contribution in [-0.4, -0.2) is 17.2 Å². The van der Waals surface area contributed by atoms with E-state index in [9.17, 15) is 9.59 Å². The van der Waals surface area contributed by atoms with Gasteiger partial charge in [0.25, 0.3) is 0 Å². The van der Waals surface area contributed by atoms with Gasteiger partial charge in [0, 0.05) is 5.54 Å². The van der Waals surface area contributed by atoms with Gasteiger partial charge in [0.1, 0.15) is 5.78 Å². The summed E-state index contributed by atoms with van der Waals surface area (Å²) in [5, 5.41) is 2.88. The minimum absolute atomic E-state index is 0.0203. The Morgan fingerprint density at radius 2 is 1.53 bits per heavy atom. The molecule has 0 heterocycles. The SMILES string of the molecule is CC(=O)CC(=O)NC(C)(C)CC(C)(C)C. The molecule has 0 radical (unpaired) electrons. The Kier molecular flexibility index (Phi) is 4.50. The molecule has 0 aromatic rings. The Balaban J connectivity index is 4.25. The second-order valence-electron chi connectivity index (χ2n) is 6.05. The van der Waals surface area contributed by atoms with Crippen molar-refractivity contribution in [2.75, 3.05) is 0 Å². The van der Waals surface area contributed by atoms with Crippen LogP contribution in [0.4, 0.5) is 0 Å². The molecule has 0 aromatic heterocycles. The van der Waals surface area contributed by atoms with E-state index in [2.05, 4.69) is 26.1 Å². The maximum absolute atomic E-state index is 11.4. The number of carbonyl (C=O) groups is 2. The summed E-state index contributed by atoms with van der Waals surface area (Å²) in [6.07, 6.45) is 0.858. The van der Waals surface area contributed by atoms with E-state index >= 15 is 0 Å². The van der Waals surface area contributed by atoms with E-state index in [0.29, 0.717) is 0 Å². The number of rotatable bonds is 4.